The fourth-order valence-electron chi connectivity index (χ4n) is 1.81. The summed E-state index contributed by atoms with van der Waals surface area (Å²) in [4.78, 5) is 23.4. The zero-order valence-electron chi connectivity index (χ0n) is 8.70. The van der Waals surface area contributed by atoms with Crippen LogP contribution in [-0.4, -0.2) is 33.1 Å². The zero-order valence-corrected chi connectivity index (χ0v) is 8.70. The number of hydrogen-bond acceptors (Lipinski definition) is 2. The first kappa shape index (κ1) is 10.8. The van der Waals surface area contributed by atoms with Crippen LogP contribution in [-0.2, 0) is 4.79 Å². The summed E-state index contributed by atoms with van der Waals surface area (Å²) in [7, 11) is 0. The number of carboxylic acid groups (broad SMARTS) is 1. The molecular weight excluding hydrogens is 184 g/mol. The number of amides is 2. The largest absolute Gasteiger partial charge is 0.465 e. The Labute approximate surface area is 82.9 Å². The molecule has 80 valence electrons. The number of rotatable bonds is 2. The number of carbonyl (C=O) groups excluding carboxylic acids is 1. The number of nitrogens with two attached hydrogens (primary N) is 1. The molecule has 1 rings (SSSR count). The van der Waals surface area contributed by atoms with Crippen LogP contribution in [0.25, 0.3) is 0 Å². The highest BCUT2D eigenvalue weighted by Crippen LogP contribution is 2.44. The third-order valence-corrected chi connectivity index (χ3v) is 2.47. The molecule has 1 aliphatic rings. The lowest BCUT2D eigenvalue weighted by atomic mass is 10.0. The second kappa shape index (κ2) is 2.87. The molecular formula is C9H16N2O3. The van der Waals surface area contributed by atoms with E-state index in [0.29, 0.717) is 12.8 Å². The van der Waals surface area contributed by atoms with Crippen LogP contribution in [0, 0.1) is 0 Å². The molecule has 0 aliphatic heterocycles. The maximum atomic E-state index is 11.2. The summed E-state index contributed by atoms with van der Waals surface area (Å²) in [5, 5.41) is 9.05. The molecule has 0 atom stereocenters. The number of nitrogens with zero attached hydrogens (tertiary/aromatic N) is 1. The monoisotopic (exact) mass is 200 g/mol. The van der Waals surface area contributed by atoms with E-state index in [1.165, 1.54) is 4.90 Å². The predicted octanol–water partition coefficient (Wildman–Crippen LogP) is 0.783. The van der Waals surface area contributed by atoms with Crippen molar-refractivity contribution in [3.05, 3.63) is 0 Å². The molecule has 1 aliphatic carbocycles. The van der Waals surface area contributed by atoms with Crippen molar-refractivity contribution in [2.75, 3.05) is 0 Å². The van der Waals surface area contributed by atoms with Crippen LogP contribution < -0.4 is 5.73 Å². The Morgan fingerprint density at radius 3 is 1.86 bits per heavy atom. The quantitative estimate of drug-likeness (QED) is 0.691. The highest BCUT2D eigenvalue weighted by Gasteiger charge is 2.58. The summed E-state index contributed by atoms with van der Waals surface area (Å²) in [6.07, 6.45) is -0.0218. The Morgan fingerprint density at radius 2 is 1.79 bits per heavy atom. The Balaban J connectivity index is 3.02. The minimum atomic E-state index is -1.09. The number of carbonyl (C=O) groups is 2. The van der Waals surface area contributed by atoms with Crippen LogP contribution in [0.3, 0.4) is 0 Å². The van der Waals surface area contributed by atoms with E-state index in [0.717, 1.165) is 0 Å². The number of hydrogen-bond donors (Lipinski definition) is 2. The van der Waals surface area contributed by atoms with Crippen LogP contribution >= 0.6 is 0 Å². The van der Waals surface area contributed by atoms with Gasteiger partial charge in [-0.1, -0.05) is 0 Å². The molecule has 0 aromatic rings. The first-order chi connectivity index (χ1) is 6.22. The van der Waals surface area contributed by atoms with Crippen LogP contribution in [0.1, 0.15) is 33.6 Å². The van der Waals surface area contributed by atoms with Crippen molar-refractivity contribution in [1.29, 1.82) is 0 Å². The van der Waals surface area contributed by atoms with E-state index in [1.807, 2.05) is 0 Å². The van der Waals surface area contributed by atoms with Gasteiger partial charge in [0.2, 0.25) is 5.91 Å². The van der Waals surface area contributed by atoms with Gasteiger partial charge in [0.25, 0.3) is 0 Å². The van der Waals surface area contributed by atoms with Gasteiger partial charge in [-0.3, -0.25) is 9.69 Å². The standard InChI is InChI=1S/C9H16N2O3/c1-8(2,3)11(7(13)14)9(4-5-9)6(10)12/h4-5H2,1-3H3,(H2,10,12)(H,13,14). The highest BCUT2D eigenvalue weighted by atomic mass is 16.4. The van der Waals surface area contributed by atoms with Gasteiger partial charge < -0.3 is 10.8 Å². The van der Waals surface area contributed by atoms with E-state index in [-0.39, 0.29) is 0 Å². The second-order valence-electron chi connectivity index (χ2n) is 4.68. The molecule has 14 heavy (non-hydrogen) atoms. The molecule has 0 heterocycles. The molecule has 1 saturated carbocycles. The molecule has 2 amide bonds. The summed E-state index contributed by atoms with van der Waals surface area (Å²) in [5.74, 6) is -0.546. The van der Waals surface area contributed by atoms with E-state index in [2.05, 4.69) is 0 Å². The average Bonchev–Trinajstić information content (AvgIpc) is 2.63. The van der Waals surface area contributed by atoms with Gasteiger partial charge in [-0.25, -0.2) is 4.79 Å². The lowest BCUT2D eigenvalue weighted by Gasteiger charge is -2.38. The van der Waals surface area contributed by atoms with Crippen LogP contribution in [0.2, 0.25) is 0 Å². The summed E-state index contributed by atoms with van der Waals surface area (Å²) in [6.45, 7) is 5.26. The highest BCUT2D eigenvalue weighted by molar-refractivity contribution is 5.91. The van der Waals surface area contributed by atoms with Gasteiger partial charge in [0.15, 0.2) is 0 Å². The first-order valence-corrected chi connectivity index (χ1v) is 4.55. The first-order valence-electron chi connectivity index (χ1n) is 4.55. The maximum Gasteiger partial charge on any atom is 0.408 e. The van der Waals surface area contributed by atoms with Crippen molar-refractivity contribution in [1.82, 2.24) is 4.90 Å². The molecule has 0 bridgehead atoms. The summed E-state index contributed by atoms with van der Waals surface area (Å²) < 4.78 is 0. The van der Waals surface area contributed by atoms with E-state index < -0.39 is 23.1 Å². The molecule has 0 saturated heterocycles. The van der Waals surface area contributed by atoms with Crippen molar-refractivity contribution >= 4 is 12.0 Å². The predicted molar refractivity (Wildman–Crippen MR) is 50.8 cm³/mol. The molecule has 3 N–H and O–H groups in total. The normalized spacial score (nSPS) is 18.8. The summed E-state index contributed by atoms with van der Waals surface area (Å²) in [5.41, 5.74) is 3.67. The Bertz CT molecular complexity index is 276. The van der Waals surface area contributed by atoms with Crippen molar-refractivity contribution in [3.63, 3.8) is 0 Å². The fourth-order valence-corrected chi connectivity index (χ4v) is 1.81. The van der Waals surface area contributed by atoms with Crippen LogP contribution in [0.15, 0.2) is 0 Å². The van der Waals surface area contributed by atoms with E-state index >= 15 is 0 Å². The van der Waals surface area contributed by atoms with Crippen molar-refractivity contribution in [2.24, 2.45) is 5.73 Å². The molecule has 0 unspecified atom stereocenters. The molecule has 5 heteroatoms. The van der Waals surface area contributed by atoms with Crippen molar-refractivity contribution in [3.8, 4) is 0 Å². The lowest BCUT2D eigenvalue weighted by molar-refractivity contribution is -0.126. The Hall–Kier alpha value is -1.26. The van der Waals surface area contributed by atoms with Gasteiger partial charge in [0.05, 0.1) is 0 Å². The zero-order chi connectivity index (χ0) is 11.1. The average molecular weight is 200 g/mol. The summed E-state index contributed by atoms with van der Waals surface area (Å²) >= 11 is 0. The van der Waals surface area contributed by atoms with Gasteiger partial charge in [0.1, 0.15) is 5.54 Å². The molecule has 0 spiro atoms. The molecule has 0 aromatic carbocycles. The lowest BCUT2D eigenvalue weighted by Crippen LogP contribution is -2.57. The van der Waals surface area contributed by atoms with Gasteiger partial charge in [0, 0.05) is 5.54 Å². The van der Waals surface area contributed by atoms with Gasteiger partial charge in [-0.2, -0.15) is 0 Å². The minimum Gasteiger partial charge on any atom is -0.465 e. The van der Waals surface area contributed by atoms with E-state index in [9.17, 15) is 9.59 Å². The smallest absolute Gasteiger partial charge is 0.408 e. The van der Waals surface area contributed by atoms with Crippen LogP contribution in [0.4, 0.5) is 4.79 Å². The maximum absolute atomic E-state index is 11.2. The fraction of sp³-hybridized carbons (Fsp3) is 0.778. The number of primary amides is 1. The minimum absolute atomic E-state index is 0.534. The third kappa shape index (κ3) is 1.54. The second-order valence-corrected chi connectivity index (χ2v) is 4.68. The molecule has 0 radical (unpaired) electrons. The van der Waals surface area contributed by atoms with Gasteiger partial charge in [-0.15, -0.1) is 0 Å². The van der Waals surface area contributed by atoms with Gasteiger partial charge >= 0.3 is 6.09 Å². The van der Waals surface area contributed by atoms with E-state index in [4.69, 9.17) is 10.8 Å². The van der Waals surface area contributed by atoms with Gasteiger partial charge in [-0.05, 0) is 33.6 Å². The Morgan fingerprint density at radius 1 is 1.36 bits per heavy atom. The third-order valence-electron chi connectivity index (χ3n) is 2.47. The van der Waals surface area contributed by atoms with Crippen molar-refractivity contribution < 1.29 is 14.7 Å². The van der Waals surface area contributed by atoms with Crippen LogP contribution in [0.5, 0.6) is 0 Å². The van der Waals surface area contributed by atoms with E-state index in [1.54, 1.807) is 20.8 Å². The van der Waals surface area contributed by atoms with Crippen molar-refractivity contribution in [2.45, 2.75) is 44.7 Å². The topological polar surface area (TPSA) is 83.6 Å². The molecule has 1 fully saturated rings. The molecule has 0 aromatic heterocycles. The molecule has 5 nitrogen and oxygen atoms in total. The Kier molecular flexibility index (Phi) is 2.21. The summed E-state index contributed by atoms with van der Waals surface area (Å²) in [6, 6.07) is 0. The SMILES string of the molecule is CC(C)(C)N(C(=O)O)C1(C(N)=O)CC1.